The Bertz CT molecular complexity index is 475. The van der Waals surface area contributed by atoms with Crippen LogP contribution in [0.3, 0.4) is 0 Å². The highest BCUT2D eigenvalue weighted by molar-refractivity contribution is 5.66. The lowest BCUT2D eigenvalue weighted by atomic mass is 10.0. The Labute approximate surface area is 118 Å². The molecule has 0 saturated carbocycles. The Hall–Kier alpha value is -1.75. The SMILES string of the molecule is COc1ccc(O)c(CN2CCC(CCC(=O)O)C2)c1. The number of likely N-dealkylation sites (tertiary alicyclic amines) is 1. The summed E-state index contributed by atoms with van der Waals surface area (Å²) in [6, 6.07) is 5.23. The van der Waals surface area contributed by atoms with Gasteiger partial charge in [0.25, 0.3) is 0 Å². The summed E-state index contributed by atoms with van der Waals surface area (Å²) in [6.45, 7) is 2.51. The van der Waals surface area contributed by atoms with Crippen molar-refractivity contribution in [3.63, 3.8) is 0 Å². The molecule has 0 aromatic heterocycles. The summed E-state index contributed by atoms with van der Waals surface area (Å²) in [6.07, 6.45) is 2.00. The van der Waals surface area contributed by atoms with Gasteiger partial charge in [0.15, 0.2) is 0 Å². The third-order valence-electron chi connectivity index (χ3n) is 3.82. The number of aromatic hydroxyl groups is 1. The van der Waals surface area contributed by atoms with Crippen molar-refractivity contribution in [2.24, 2.45) is 5.92 Å². The Kier molecular flexibility index (Phi) is 4.84. The summed E-state index contributed by atoms with van der Waals surface area (Å²) in [4.78, 5) is 12.8. The quantitative estimate of drug-likeness (QED) is 0.834. The first-order chi connectivity index (χ1) is 9.58. The first-order valence-electron chi connectivity index (χ1n) is 6.88. The molecular weight excluding hydrogens is 258 g/mol. The maximum absolute atomic E-state index is 10.6. The van der Waals surface area contributed by atoms with Crippen LogP contribution in [-0.4, -0.2) is 41.3 Å². The van der Waals surface area contributed by atoms with Crippen molar-refractivity contribution < 1.29 is 19.7 Å². The first-order valence-corrected chi connectivity index (χ1v) is 6.88. The molecule has 0 spiro atoms. The van der Waals surface area contributed by atoms with Crippen LogP contribution in [0.5, 0.6) is 11.5 Å². The molecule has 1 aliphatic rings. The summed E-state index contributed by atoms with van der Waals surface area (Å²) >= 11 is 0. The van der Waals surface area contributed by atoms with E-state index in [0.717, 1.165) is 37.2 Å². The monoisotopic (exact) mass is 279 g/mol. The van der Waals surface area contributed by atoms with Crippen molar-refractivity contribution in [1.29, 1.82) is 0 Å². The number of hydrogen-bond donors (Lipinski definition) is 2. The minimum atomic E-state index is -0.728. The second kappa shape index (κ2) is 6.61. The van der Waals surface area contributed by atoms with Crippen molar-refractivity contribution >= 4 is 5.97 Å². The zero-order valence-corrected chi connectivity index (χ0v) is 11.7. The molecular formula is C15H21NO4. The molecule has 1 heterocycles. The van der Waals surface area contributed by atoms with E-state index in [0.29, 0.717) is 12.5 Å². The topological polar surface area (TPSA) is 70.0 Å². The number of ether oxygens (including phenoxy) is 1. The van der Waals surface area contributed by atoms with Gasteiger partial charge in [-0.3, -0.25) is 9.69 Å². The van der Waals surface area contributed by atoms with E-state index in [1.165, 1.54) is 0 Å². The number of rotatable bonds is 6. The van der Waals surface area contributed by atoms with Crippen LogP contribution in [0.1, 0.15) is 24.8 Å². The zero-order chi connectivity index (χ0) is 14.5. The molecule has 5 nitrogen and oxygen atoms in total. The number of phenols is 1. The molecule has 1 atom stereocenters. The van der Waals surface area contributed by atoms with Gasteiger partial charge >= 0.3 is 5.97 Å². The molecule has 2 N–H and O–H groups in total. The number of carboxylic acid groups (broad SMARTS) is 1. The normalized spacial score (nSPS) is 19.1. The predicted molar refractivity (Wildman–Crippen MR) is 74.9 cm³/mol. The van der Waals surface area contributed by atoms with Crippen LogP contribution in [0, 0.1) is 5.92 Å². The minimum Gasteiger partial charge on any atom is -0.508 e. The fourth-order valence-corrected chi connectivity index (χ4v) is 2.68. The highest BCUT2D eigenvalue weighted by Crippen LogP contribution is 2.27. The van der Waals surface area contributed by atoms with Crippen molar-refractivity contribution in [2.45, 2.75) is 25.8 Å². The second-order valence-electron chi connectivity index (χ2n) is 5.32. The lowest BCUT2D eigenvalue weighted by Gasteiger charge is -2.17. The third kappa shape index (κ3) is 3.87. The van der Waals surface area contributed by atoms with E-state index in [4.69, 9.17) is 9.84 Å². The van der Waals surface area contributed by atoms with Crippen molar-refractivity contribution in [2.75, 3.05) is 20.2 Å². The Morgan fingerprint density at radius 1 is 1.50 bits per heavy atom. The number of methoxy groups -OCH3 is 1. The minimum absolute atomic E-state index is 0.239. The fourth-order valence-electron chi connectivity index (χ4n) is 2.68. The maximum Gasteiger partial charge on any atom is 0.303 e. The number of carboxylic acids is 1. The van der Waals surface area contributed by atoms with Gasteiger partial charge in [0, 0.05) is 25.1 Å². The molecule has 1 saturated heterocycles. The summed E-state index contributed by atoms with van der Waals surface area (Å²) in [5, 5.41) is 18.6. The molecule has 110 valence electrons. The summed E-state index contributed by atoms with van der Waals surface area (Å²) in [5.74, 6) is 0.729. The Morgan fingerprint density at radius 3 is 3.00 bits per heavy atom. The average Bonchev–Trinajstić information content (AvgIpc) is 2.86. The van der Waals surface area contributed by atoms with Crippen LogP contribution < -0.4 is 4.74 Å². The van der Waals surface area contributed by atoms with Crippen LogP contribution in [-0.2, 0) is 11.3 Å². The van der Waals surface area contributed by atoms with E-state index < -0.39 is 5.97 Å². The van der Waals surface area contributed by atoms with Gasteiger partial charge in [0.05, 0.1) is 7.11 Å². The highest BCUT2D eigenvalue weighted by atomic mass is 16.5. The number of carbonyl (C=O) groups is 1. The smallest absolute Gasteiger partial charge is 0.303 e. The molecule has 0 aliphatic carbocycles. The van der Waals surface area contributed by atoms with Gasteiger partial charge in [0.1, 0.15) is 11.5 Å². The molecule has 5 heteroatoms. The standard InChI is InChI=1S/C15H21NO4/c1-20-13-3-4-14(17)12(8-13)10-16-7-6-11(9-16)2-5-15(18)19/h3-4,8,11,17H,2,5-7,9-10H2,1H3,(H,18,19). The molecule has 1 fully saturated rings. The lowest BCUT2D eigenvalue weighted by molar-refractivity contribution is -0.137. The number of nitrogens with zero attached hydrogens (tertiary/aromatic N) is 1. The number of hydrogen-bond acceptors (Lipinski definition) is 4. The number of phenolic OH excluding ortho intramolecular Hbond substituents is 1. The van der Waals surface area contributed by atoms with Gasteiger partial charge in [-0.2, -0.15) is 0 Å². The molecule has 2 rings (SSSR count). The highest BCUT2D eigenvalue weighted by Gasteiger charge is 2.23. The van der Waals surface area contributed by atoms with E-state index in [-0.39, 0.29) is 12.2 Å². The summed E-state index contributed by atoms with van der Waals surface area (Å²) < 4.78 is 5.17. The Balaban J connectivity index is 1.90. The van der Waals surface area contributed by atoms with E-state index in [1.54, 1.807) is 19.2 Å². The van der Waals surface area contributed by atoms with Crippen LogP contribution >= 0.6 is 0 Å². The zero-order valence-electron chi connectivity index (χ0n) is 11.7. The average molecular weight is 279 g/mol. The third-order valence-corrected chi connectivity index (χ3v) is 3.82. The van der Waals surface area contributed by atoms with Crippen molar-refractivity contribution in [3.05, 3.63) is 23.8 Å². The molecule has 1 aromatic rings. The molecule has 20 heavy (non-hydrogen) atoms. The maximum atomic E-state index is 10.6. The second-order valence-corrected chi connectivity index (χ2v) is 5.32. The van der Waals surface area contributed by atoms with Gasteiger partial charge in [-0.15, -0.1) is 0 Å². The molecule has 1 aliphatic heterocycles. The van der Waals surface area contributed by atoms with Crippen LogP contribution in [0.4, 0.5) is 0 Å². The molecule has 0 radical (unpaired) electrons. The summed E-state index contributed by atoms with van der Waals surface area (Å²) in [5.41, 5.74) is 0.850. The van der Waals surface area contributed by atoms with E-state index in [1.807, 2.05) is 6.07 Å². The van der Waals surface area contributed by atoms with Crippen LogP contribution in [0.25, 0.3) is 0 Å². The number of aliphatic carboxylic acids is 1. The Morgan fingerprint density at radius 2 is 2.30 bits per heavy atom. The first kappa shape index (κ1) is 14.7. The van der Waals surface area contributed by atoms with Gasteiger partial charge in [-0.1, -0.05) is 0 Å². The van der Waals surface area contributed by atoms with E-state index in [2.05, 4.69) is 4.90 Å². The van der Waals surface area contributed by atoms with Gasteiger partial charge in [-0.25, -0.2) is 0 Å². The van der Waals surface area contributed by atoms with E-state index >= 15 is 0 Å². The van der Waals surface area contributed by atoms with E-state index in [9.17, 15) is 9.90 Å². The van der Waals surface area contributed by atoms with Crippen LogP contribution in [0.15, 0.2) is 18.2 Å². The predicted octanol–water partition coefficient (Wildman–Crippen LogP) is 2.09. The van der Waals surface area contributed by atoms with Gasteiger partial charge < -0.3 is 14.9 Å². The largest absolute Gasteiger partial charge is 0.508 e. The lowest BCUT2D eigenvalue weighted by Crippen LogP contribution is -2.20. The molecule has 1 aromatic carbocycles. The van der Waals surface area contributed by atoms with Gasteiger partial charge in [-0.05, 0) is 43.5 Å². The number of benzene rings is 1. The van der Waals surface area contributed by atoms with Crippen molar-refractivity contribution in [3.8, 4) is 11.5 Å². The van der Waals surface area contributed by atoms with Crippen LogP contribution in [0.2, 0.25) is 0 Å². The van der Waals surface area contributed by atoms with Gasteiger partial charge in [0.2, 0.25) is 0 Å². The molecule has 1 unspecified atom stereocenters. The fraction of sp³-hybridized carbons (Fsp3) is 0.533. The van der Waals surface area contributed by atoms with Crippen molar-refractivity contribution in [1.82, 2.24) is 4.90 Å². The molecule has 0 amide bonds. The summed E-state index contributed by atoms with van der Waals surface area (Å²) in [7, 11) is 1.61. The molecule has 0 bridgehead atoms.